The van der Waals surface area contributed by atoms with Gasteiger partial charge in [-0.25, -0.2) is 0 Å². The third-order valence-corrected chi connectivity index (χ3v) is 4.00. The Balaban J connectivity index is 2.06. The van der Waals surface area contributed by atoms with E-state index in [1.807, 2.05) is 7.05 Å². The number of nitrogens with one attached hydrogen (secondary N) is 1. The smallest absolute Gasteiger partial charge is 0.0729 e. The molecule has 2 rings (SSSR count). The molecule has 1 atom stereocenters. The van der Waals surface area contributed by atoms with Crippen LogP contribution in [0.2, 0.25) is 0 Å². The minimum absolute atomic E-state index is 0.000162. The first-order chi connectivity index (χ1) is 6.32. The van der Waals surface area contributed by atoms with Crippen LogP contribution in [0.5, 0.6) is 0 Å². The summed E-state index contributed by atoms with van der Waals surface area (Å²) < 4.78 is 0. The molecule has 0 heterocycles. The molecular formula is C11H18N2. The van der Waals surface area contributed by atoms with Gasteiger partial charge in [0, 0.05) is 6.04 Å². The van der Waals surface area contributed by atoms with Crippen LogP contribution in [0, 0.1) is 22.7 Å². The first-order valence-corrected chi connectivity index (χ1v) is 5.41. The second-order valence-corrected chi connectivity index (χ2v) is 4.58. The van der Waals surface area contributed by atoms with E-state index in [0.29, 0.717) is 6.04 Å². The Morgan fingerprint density at radius 2 is 2.08 bits per heavy atom. The van der Waals surface area contributed by atoms with Gasteiger partial charge in [-0.3, -0.25) is 0 Å². The quantitative estimate of drug-likeness (QED) is 0.718. The van der Waals surface area contributed by atoms with Crippen LogP contribution in [-0.4, -0.2) is 13.1 Å². The average molecular weight is 178 g/mol. The Morgan fingerprint density at radius 3 is 2.31 bits per heavy atom. The molecule has 0 aromatic rings. The van der Waals surface area contributed by atoms with Crippen LogP contribution >= 0.6 is 0 Å². The topological polar surface area (TPSA) is 35.8 Å². The summed E-state index contributed by atoms with van der Waals surface area (Å²) in [6.45, 7) is 0. The first kappa shape index (κ1) is 9.02. The summed E-state index contributed by atoms with van der Waals surface area (Å²) in [4.78, 5) is 0. The molecule has 0 saturated heterocycles. The largest absolute Gasteiger partial charge is 0.315 e. The van der Waals surface area contributed by atoms with E-state index in [9.17, 15) is 5.26 Å². The second-order valence-electron chi connectivity index (χ2n) is 4.58. The molecule has 0 amide bonds. The molecule has 13 heavy (non-hydrogen) atoms. The van der Waals surface area contributed by atoms with Gasteiger partial charge in [0.15, 0.2) is 0 Å². The summed E-state index contributed by atoms with van der Waals surface area (Å²) in [7, 11) is 2.01. The van der Waals surface area contributed by atoms with Crippen LogP contribution in [0.3, 0.4) is 0 Å². The summed E-state index contributed by atoms with van der Waals surface area (Å²) in [5.41, 5.74) is -0.000162. The second kappa shape index (κ2) is 3.31. The highest BCUT2D eigenvalue weighted by molar-refractivity contribution is 5.13. The standard InChI is InChI=1S/C11H18N2/c1-13-10(9-4-2-5-9)11(8-12)6-3-7-11/h9-10,13H,2-7H2,1H3. The molecule has 2 aliphatic rings. The molecule has 2 nitrogen and oxygen atoms in total. The zero-order valence-corrected chi connectivity index (χ0v) is 8.34. The van der Waals surface area contributed by atoms with Gasteiger partial charge in [-0.15, -0.1) is 0 Å². The zero-order chi connectivity index (χ0) is 9.31. The number of nitriles is 1. The lowest BCUT2D eigenvalue weighted by molar-refractivity contribution is 0.0728. The molecule has 2 fully saturated rings. The van der Waals surface area contributed by atoms with Crippen LogP contribution in [-0.2, 0) is 0 Å². The van der Waals surface area contributed by atoms with Crippen LogP contribution in [0.25, 0.3) is 0 Å². The zero-order valence-electron chi connectivity index (χ0n) is 8.34. The third-order valence-electron chi connectivity index (χ3n) is 4.00. The summed E-state index contributed by atoms with van der Waals surface area (Å²) in [5, 5.41) is 12.6. The molecule has 72 valence electrons. The average Bonchev–Trinajstić information content (AvgIpc) is 1.98. The van der Waals surface area contributed by atoms with E-state index in [-0.39, 0.29) is 5.41 Å². The van der Waals surface area contributed by atoms with Crippen molar-refractivity contribution in [3.05, 3.63) is 0 Å². The minimum atomic E-state index is -0.000162. The van der Waals surface area contributed by atoms with Gasteiger partial charge in [0.1, 0.15) is 0 Å². The van der Waals surface area contributed by atoms with E-state index in [1.54, 1.807) is 0 Å². The van der Waals surface area contributed by atoms with Crippen LogP contribution in [0.4, 0.5) is 0 Å². The van der Waals surface area contributed by atoms with Crippen molar-refractivity contribution in [1.29, 1.82) is 5.26 Å². The van der Waals surface area contributed by atoms with Crippen molar-refractivity contribution in [1.82, 2.24) is 5.32 Å². The third kappa shape index (κ3) is 1.26. The first-order valence-electron chi connectivity index (χ1n) is 5.41. The monoisotopic (exact) mass is 178 g/mol. The fourth-order valence-electron chi connectivity index (χ4n) is 2.79. The Bertz CT molecular complexity index is 221. The van der Waals surface area contributed by atoms with E-state index in [1.165, 1.54) is 25.7 Å². The maximum Gasteiger partial charge on any atom is 0.0729 e. The van der Waals surface area contributed by atoms with Gasteiger partial charge in [0.05, 0.1) is 11.5 Å². The number of hydrogen-bond donors (Lipinski definition) is 1. The van der Waals surface area contributed by atoms with Gasteiger partial charge in [0.25, 0.3) is 0 Å². The van der Waals surface area contributed by atoms with Crippen molar-refractivity contribution in [2.75, 3.05) is 7.05 Å². The van der Waals surface area contributed by atoms with Gasteiger partial charge in [-0.05, 0) is 38.6 Å². The van der Waals surface area contributed by atoms with E-state index in [0.717, 1.165) is 18.8 Å². The van der Waals surface area contributed by atoms with Crippen molar-refractivity contribution in [2.24, 2.45) is 11.3 Å². The summed E-state index contributed by atoms with van der Waals surface area (Å²) in [6, 6.07) is 3.02. The van der Waals surface area contributed by atoms with E-state index < -0.39 is 0 Å². The van der Waals surface area contributed by atoms with Crippen LogP contribution in [0.1, 0.15) is 38.5 Å². The molecule has 0 radical (unpaired) electrons. The Kier molecular flexibility index (Phi) is 2.29. The van der Waals surface area contributed by atoms with Gasteiger partial charge < -0.3 is 5.32 Å². The SMILES string of the molecule is CNC(C1CCC1)C1(C#N)CCC1. The van der Waals surface area contributed by atoms with Crippen molar-refractivity contribution < 1.29 is 0 Å². The fraction of sp³-hybridized carbons (Fsp3) is 0.909. The van der Waals surface area contributed by atoms with Crippen LogP contribution in [0.15, 0.2) is 0 Å². The van der Waals surface area contributed by atoms with Crippen molar-refractivity contribution in [2.45, 2.75) is 44.6 Å². The highest BCUT2D eigenvalue weighted by atomic mass is 14.9. The highest BCUT2D eigenvalue weighted by Gasteiger charge is 2.48. The van der Waals surface area contributed by atoms with Crippen LogP contribution < -0.4 is 5.32 Å². The molecule has 0 bridgehead atoms. The lowest BCUT2D eigenvalue weighted by Crippen LogP contribution is -2.53. The highest BCUT2D eigenvalue weighted by Crippen LogP contribution is 2.48. The summed E-state index contributed by atoms with van der Waals surface area (Å²) in [5.74, 6) is 0.782. The number of nitrogens with zero attached hydrogens (tertiary/aromatic N) is 1. The molecule has 0 spiro atoms. The Morgan fingerprint density at radius 1 is 1.38 bits per heavy atom. The Hall–Kier alpha value is -0.550. The molecule has 0 aromatic heterocycles. The molecule has 2 heteroatoms. The van der Waals surface area contributed by atoms with E-state index in [2.05, 4.69) is 11.4 Å². The molecule has 1 unspecified atom stereocenters. The number of rotatable bonds is 3. The van der Waals surface area contributed by atoms with Gasteiger partial charge in [-0.1, -0.05) is 12.8 Å². The van der Waals surface area contributed by atoms with Crippen molar-refractivity contribution >= 4 is 0 Å². The fourth-order valence-corrected chi connectivity index (χ4v) is 2.79. The lowest BCUT2D eigenvalue weighted by atomic mass is 9.59. The predicted octanol–water partition coefficient (Wildman–Crippen LogP) is 2.07. The van der Waals surface area contributed by atoms with Crippen molar-refractivity contribution in [3.8, 4) is 6.07 Å². The molecule has 2 saturated carbocycles. The molecule has 1 N–H and O–H groups in total. The van der Waals surface area contributed by atoms with Crippen molar-refractivity contribution in [3.63, 3.8) is 0 Å². The minimum Gasteiger partial charge on any atom is -0.315 e. The normalized spacial score (nSPS) is 28.3. The molecule has 0 aromatic carbocycles. The predicted molar refractivity (Wildman–Crippen MR) is 52.1 cm³/mol. The van der Waals surface area contributed by atoms with Gasteiger partial charge in [-0.2, -0.15) is 5.26 Å². The molecule has 0 aliphatic heterocycles. The van der Waals surface area contributed by atoms with Gasteiger partial charge in [0.2, 0.25) is 0 Å². The van der Waals surface area contributed by atoms with E-state index >= 15 is 0 Å². The number of hydrogen-bond acceptors (Lipinski definition) is 2. The molecular weight excluding hydrogens is 160 g/mol. The lowest BCUT2D eigenvalue weighted by Gasteiger charge is -2.48. The maximum absolute atomic E-state index is 9.22. The summed E-state index contributed by atoms with van der Waals surface area (Å²) >= 11 is 0. The molecule has 2 aliphatic carbocycles. The summed E-state index contributed by atoms with van der Waals surface area (Å²) in [6.07, 6.45) is 7.50. The van der Waals surface area contributed by atoms with Gasteiger partial charge >= 0.3 is 0 Å². The maximum atomic E-state index is 9.22. The Labute approximate surface area is 80.3 Å². The van der Waals surface area contributed by atoms with E-state index in [4.69, 9.17) is 0 Å².